The van der Waals surface area contributed by atoms with Gasteiger partial charge in [-0.25, -0.2) is 4.68 Å². The van der Waals surface area contributed by atoms with Gasteiger partial charge in [-0.1, -0.05) is 46.3 Å². The van der Waals surface area contributed by atoms with Crippen LogP contribution in [0.4, 0.5) is 5.69 Å². The van der Waals surface area contributed by atoms with Crippen molar-refractivity contribution in [3.8, 4) is 11.4 Å². The van der Waals surface area contributed by atoms with Crippen molar-refractivity contribution in [2.24, 2.45) is 0 Å². The molecule has 34 heavy (non-hydrogen) atoms. The van der Waals surface area contributed by atoms with Gasteiger partial charge in [-0.15, -0.1) is 0 Å². The first-order valence-electron chi connectivity index (χ1n) is 10.2. The second kappa shape index (κ2) is 10.1. The number of ether oxygens (including phenoxy) is 1. The molecule has 10 heteroatoms. The van der Waals surface area contributed by atoms with Crippen LogP contribution in [0.3, 0.4) is 0 Å². The first kappa shape index (κ1) is 23.5. The third-order valence-corrected chi connectivity index (χ3v) is 6.04. The van der Waals surface area contributed by atoms with E-state index in [2.05, 4.69) is 21.0 Å². The van der Waals surface area contributed by atoms with Crippen molar-refractivity contribution in [2.45, 2.75) is 20.1 Å². The summed E-state index contributed by atoms with van der Waals surface area (Å²) >= 11 is 9.08. The van der Waals surface area contributed by atoms with Crippen molar-refractivity contribution in [1.29, 1.82) is 0 Å². The summed E-state index contributed by atoms with van der Waals surface area (Å²) in [4.78, 5) is 23.4. The van der Waals surface area contributed by atoms with Gasteiger partial charge in [0.15, 0.2) is 11.6 Å². The predicted molar refractivity (Wildman–Crippen MR) is 133 cm³/mol. The number of rotatable bonds is 8. The maximum absolute atomic E-state index is 12.9. The number of nitro benzene ring substituents is 1. The Labute approximate surface area is 208 Å². The molecule has 0 saturated heterocycles. The lowest BCUT2D eigenvalue weighted by Gasteiger charge is -2.10. The summed E-state index contributed by atoms with van der Waals surface area (Å²) in [5.74, 6) is 0.844. The molecule has 1 aromatic heterocycles. The number of carbonyl (C=O) groups is 1. The molecule has 0 saturated carbocycles. The van der Waals surface area contributed by atoms with E-state index in [1.165, 1.54) is 28.9 Å². The van der Waals surface area contributed by atoms with Gasteiger partial charge in [0.2, 0.25) is 4.77 Å². The average Bonchev–Trinajstić information content (AvgIpc) is 3.13. The highest BCUT2D eigenvalue weighted by molar-refractivity contribution is 9.10. The largest absolute Gasteiger partial charge is 0.486 e. The first-order chi connectivity index (χ1) is 16.3. The third-order valence-electron chi connectivity index (χ3n) is 5.12. The van der Waals surface area contributed by atoms with E-state index >= 15 is 0 Å². The predicted octanol–water partition coefficient (Wildman–Crippen LogP) is 5.84. The molecule has 0 spiro atoms. The summed E-state index contributed by atoms with van der Waals surface area (Å²) in [5, 5.41) is 15.6. The van der Waals surface area contributed by atoms with Crippen molar-refractivity contribution in [3.63, 3.8) is 0 Å². The van der Waals surface area contributed by atoms with E-state index in [4.69, 9.17) is 17.0 Å². The van der Waals surface area contributed by atoms with Gasteiger partial charge in [-0.2, -0.15) is 5.10 Å². The lowest BCUT2D eigenvalue weighted by atomic mass is 10.1. The molecule has 0 atom stereocenters. The molecule has 0 bridgehead atoms. The van der Waals surface area contributed by atoms with Gasteiger partial charge in [0.25, 0.3) is 5.69 Å². The first-order valence-corrected chi connectivity index (χ1v) is 11.4. The van der Waals surface area contributed by atoms with Crippen molar-refractivity contribution in [3.05, 3.63) is 109 Å². The number of Topliss-reactive ketones (excluding diaryl/α,β-unsaturated/α-hetero) is 1. The number of carbonyl (C=O) groups excluding carboxylic acids is 1. The number of aromatic nitrogens is 3. The Bertz CT molecular complexity index is 1430. The van der Waals surface area contributed by atoms with Crippen molar-refractivity contribution >= 4 is 39.6 Å². The Balaban J connectivity index is 1.68. The van der Waals surface area contributed by atoms with Gasteiger partial charge in [0.05, 0.1) is 10.6 Å². The number of hydrogen-bond donors (Lipinski definition) is 0. The van der Waals surface area contributed by atoms with E-state index in [1.54, 1.807) is 4.57 Å². The second-order valence-corrected chi connectivity index (χ2v) is 8.73. The van der Waals surface area contributed by atoms with Gasteiger partial charge in [-0.05, 0) is 55.0 Å². The molecule has 0 N–H and O–H groups in total. The zero-order valence-corrected chi connectivity index (χ0v) is 20.5. The zero-order chi connectivity index (χ0) is 24.2. The Morgan fingerprint density at radius 2 is 1.85 bits per heavy atom. The number of benzene rings is 3. The van der Waals surface area contributed by atoms with Gasteiger partial charge in [0.1, 0.15) is 18.9 Å². The number of non-ortho nitro benzene ring substituents is 1. The summed E-state index contributed by atoms with van der Waals surface area (Å²) in [7, 11) is 0. The van der Waals surface area contributed by atoms with Crippen molar-refractivity contribution < 1.29 is 14.5 Å². The van der Waals surface area contributed by atoms with E-state index in [-0.39, 0.29) is 30.2 Å². The van der Waals surface area contributed by atoms with Gasteiger partial charge in [0, 0.05) is 22.2 Å². The topological polar surface area (TPSA) is 92.2 Å². The van der Waals surface area contributed by atoms with Crippen LogP contribution in [-0.4, -0.2) is 25.1 Å². The quantitative estimate of drug-likeness (QED) is 0.121. The number of hydrogen-bond acceptors (Lipinski definition) is 6. The lowest BCUT2D eigenvalue weighted by Crippen LogP contribution is -2.12. The normalized spacial score (nSPS) is 10.8. The molecule has 8 nitrogen and oxygen atoms in total. The van der Waals surface area contributed by atoms with Crippen LogP contribution >= 0.6 is 28.1 Å². The standard InChI is InChI=1S/C24H19BrN4O4S/c1-16-5-2-3-8-21(16)28-23(15-33-20-11-9-18(25)10-12-20)26-27(24(28)34)14-22(30)17-6-4-7-19(13-17)29(31)32/h2-13H,14-15H2,1H3. The number of aryl methyl sites for hydroxylation is 1. The highest BCUT2D eigenvalue weighted by atomic mass is 79.9. The van der Waals surface area contributed by atoms with Crippen LogP contribution in [0.2, 0.25) is 0 Å². The molecular formula is C24H19BrN4O4S. The molecule has 3 aromatic carbocycles. The summed E-state index contributed by atoms with van der Waals surface area (Å²) < 4.78 is 10.4. The van der Waals surface area contributed by atoms with Crippen molar-refractivity contribution in [1.82, 2.24) is 14.3 Å². The van der Waals surface area contributed by atoms with Gasteiger partial charge >= 0.3 is 0 Å². The molecule has 0 unspecified atom stereocenters. The third kappa shape index (κ3) is 5.13. The van der Waals surface area contributed by atoms with Crippen LogP contribution in [0.5, 0.6) is 5.75 Å². The Morgan fingerprint density at radius 3 is 2.56 bits per heavy atom. The number of halogens is 1. The second-order valence-electron chi connectivity index (χ2n) is 7.45. The summed E-state index contributed by atoms with van der Waals surface area (Å²) in [6.07, 6.45) is 0. The molecule has 0 aliphatic carbocycles. The summed E-state index contributed by atoms with van der Waals surface area (Å²) in [6.45, 7) is 1.92. The smallest absolute Gasteiger partial charge is 0.270 e. The number of ketones is 1. The molecule has 0 radical (unpaired) electrons. The van der Waals surface area contributed by atoms with Crippen LogP contribution in [0, 0.1) is 21.8 Å². The molecule has 0 amide bonds. The molecule has 1 heterocycles. The SMILES string of the molecule is Cc1ccccc1-n1c(COc2ccc(Br)cc2)nn(CC(=O)c2cccc([N+](=O)[O-])c2)c1=S. The van der Waals surface area contributed by atoms with Gasteiger partial charge in [-0.3, -0.25) is 19.5 Å². The number of nitro groups is 1. The van der Waals surface area contributed by atoms with Crippen LogP contribution in [0.1, 0.15) is 21.7 Å². The van der Waals surface area contributed by atoms with E-state index in [1.807, 2.05) is 55.5 Å². The number of nitrogens with zero attached hydrogens (tertiary/aromatic N) is 4. The molecule has 4 rings (SSSR count). The summed E-state index contributed by atoms with van der Waals surface area (Å²) in [5.41, 5.74) is 1.88. The highest BCUT2D eigenvalue weighted by Gasteiger charge is 2.18. The Kier molecular flexibility index (Phi) is 6.99. The highest BCUT2D eigenvalue weighted by Crippen LogP contribution is 2.21. The van der Waals surface area contributed by atoms with Crippen molar-refractivity contribution in [2.75, 3.05) is 0 Å². The minimum absolute atomic E-state index is 0.123. The minimum Gasteiger partial charge on any atom is -0.486 e. The van der Waals surface area contributed by atoms with E-state index in [9.17, 15) is 14.9 Å². The molecule has 0 aliphatic heterocycles. The molecule has 172 valence electrons. The maximum Gasteiger partial charge on any atom is 0.270 e. The summed E-state index contributed by atoms with van der Waals surface area (Å²) in [6, 6.07) is 20.7. The Morgan fingerprint density at radius 1 is 1.12 bits per heavy atom. The maximum atomic E-state index is 12.9. The fourth-order valence-corrected chi connectivity index (χ4v) is 3.98. The fourth-order valence-electron chi connectivity index (χ4n) is 3.40. The minimum atomic E-state index is -0.535. The molecule has 0 aliphatic rings. The fraction of sp³-hybridized carbons (Fsp3) is 0.125. The molecular weight excluding hydrogens is 520 g/mol. The van der Waals surface area contributed by atoms with Crippen LogP contribution in [0.25, 0.3) is 5.69 Å². The van der Waals surface area contributed by atoms with E-state index < -0.39 is 4.92 Å². The van der Waals surface area contributed by atoms with Crippen LogP contribution in [-0.2, 0) is 13.2 Å². The average molecular weight is 539 g/mol. The number of para-hydroxylation sites is 1. The van der Waals surface area contributed by atoms with Crippen LogP contribution < -0.4 is 4.74 Å². The van der Waals surface area contributed by atoms with E-state index in [0.717, 1.165) is 15.7 Å². The molecule has 0 fully saturated rings. The zero-order valence-electron chi connectivity index (χ0n) is 18.1. The van der Waals surface area contributed by atoms with Gasteiger partial charge < -0.3 is 4.74 Å². The molecule has 4 aromatic rings. The van der Waals surface area contributed by atoms with E-state index in [0.29, 0.717) is 16.3 Å². The van der Waals surface area contributed by atoms with Crippen LogP contribution in [0.15, 0.2) is 77.3 Å². The lowest BCUT2D eigenvalue weighted by molar-refractivity contribution is -0.384. The Hall–Kier alpha value is -3.63. The monoisotopic (exact) mass is 538 g/mol.